The zero-order valence-electron chi connectivity index (χ0n) is 9.57. The van der Waals surface area contributed by atoms with Crippen molar-refractivity contribution in [3.05, 3.63) is 18.1 Å². The Morgan fingerprint density at radius 1 is 1.40 bits per heavy atom. The van der Waals surface area contributed by atoms with Gasteiger partial charge in [0.05, 0.1) is 0 Å². The van der Waals surface area contributed by atoms with Gasteiger partial charge in [0, 0.05) is 0 Å². The van der Waals surface area contributed by atoms with Crippen LogP contribution in [0, 0.1) is 0 Å². The molecule has 0 bridgehead atoms. The summed E-state index contributed by atoms with van der Waals surface area (Å²) in [6.45, 7) is 2.15. The van der Waals surface area contributed by atoms with E-state index >= 15 is 0 Å². The summed E-state index contributed by atoms with van der Waals surface area (Å²) in [5, 5.41) is 0. The molecule has 0 fully saturated rings. The van der Waals surface area contributed by atoms with Crippen molar-refractivity contribution in [2.45, 2.75) is 21.7 Å². The number of aromatic nitrogens is 2. The second-order valence-electron chi connectivity index (χ2n) is 4.26. The van der Waals surface area contributed by atoms with E-state index in [-0.39, 0.29) is 5.97 Å². The molecule has 15 heavy (non-hydrogen) atoms. The molecule has 0 saturated heterocycles. The maximum absolute atomic E-state index is 11.4. The molecule has 5 heteroatoms. The number of hydrogen-bond donors (Lipinski definition) is 0. The van der Waals surface area contributed by atoms with Crippen molar-refractivity contribution in [1.82, 2.24) is 9.97 Å². The van der Waals surface area contributed by atoms with Gasteiger partial charge in [-0.15, -0.1) is 0 Å². The van der Waals surface area contributed by atoms with Crippen LogP contribution in [0.1, 0.15) is 17.4 Å². The maximum atomic E-state index is 11.4. The Kier molecular flexibility index (Phi) is 4.07. The van der Waals surface area contributed by atoms with Gasteiger partial charge in [-0.2, -0.15) is 0 Å². The molecule has 0 saturated carbocycles. The summed E-state index contributed by atoms with van der Waals surface area (Å²) in [6, 6.07) is 1.77. The van der Waals surface area contributed by atoms with Crippen molar-refractivity contribution >= 4 is 28.1 Å². The van der Waals surface area contributed by atoms with Crippen LogP contribution >= 0.6 is 0 Å². The van der Waals surface area contributed by atoms with Gasteiger partial charge in [0.15, 0.2) is 0 Å². The number of carbonyl (C=O) groups excluding carboxylic acids is 1. The number of rotatable bonds is 3. The zero-order chi connectivity index (χ0) is 11.5. The van der Waals surface area contributed by atoms with Gasteiger partial charge in [-0.3, -0.25) is 0 Å². The van der Waals surface area contributed by atoms with Crippen LogP contribution in [0.4, 0.5) is 0 Å². The molecule has 0 atom stereocenters. The summed E-state index contributed by atoms with van der Waals surface area (Å²) in [4.78, 5) is 26.3. The molecular weight excluding hydrogens is 299 g/mol. The molecule has 0 aliphatic carbocycles. The van der Waals surface area contributed by atoms with E-state index in [9.17, 15) is 4.79 Å². The first-order chi connectivity index (χ1) is 6.95. The van der Waals surface area contributed by atoms with Crippen LogP contribution in [-0.2, 0) is 4.74 Å². The van der Waals surface area contributed by atoms with Gasteiger partial charge in [0.1, 0.15) is 0 Å². The molecule has 1 aromatic heterocycles. The Balaban J connectivity index is 2.98. The minimum atomic E-state index is -2.21. The molecule has 1 heterocycles. The average Bonchev–Trinajstić information content (AvgIpc) is 2.17. The van der Waals surface area contributed by atoms with Crippen molar-refractivity contribution in [3.63, 3.8) is 0 Å². The van der Waals surface area contributed by atoms with Crippen LogP contribution in [0.2, 0.25) is 14.8 Å². The molecule has 1 rings (SSSR count). The third-order valence-corrected chi connectivity index (χ3v) is 7.09. The van der Waals surface area contributed by atoms with Crippen molar-refractivity contribution in [1.29, 1.82) is 0 Å². The van der Waals surface area contributed by atoms with E-state index in [1.807, 2.05) is 0 Å². The van der Waals surface area contributed by atoms with Gasteiger partial charge in [0.25, 0.3) is 0 Å². The second kappa shape index (κ2) is 4.92. The Hall–Kier alpha value is -0.651. The standard InChI is InChI=1S/C7H7N2O2.3CH3.Sn/c1-2-11-7(10)6-3-4-8-5-9-6;;;;/h3,5H,2H2,1H3;3*1H3;. The van der Waals surface area contributed by atoms with Crippen molar-refractivity contribution < 1.29 is 9.53 Å². The fraction of sp³-hybridized carbons (Fsp3) is 0.500. The SMILES string of the molecule is CCOC(=O)c1c[c]([Sn]([CH3])([CH3])[CH3])ncn1. The van der Waals surface area contributed by atoms with E-state index in [2.05, 4.69) is 24.8 Å². The van der Waals surface area contributed by atoms with Gasteiger partial charge < -0.3 is 0 Å². The molecule has 0 aliphatic heterocycles. The predicted molar refractivity (Wildman–Crippen MR) is 61.0 cm³/mol. The summed E-state index contributed by atoms with van der Waals surface area (Å²) in [5.41, 5.74) is 0.369. The first-order valence-electron chi connectivity index (χ1n) is 4.94. The van der Waals surface area contributed by atoms with Crippen LogP contribution in [0.5, 0.6) is 0 Å². The molecule has 0 amide bonds. The number of ether oxygens (including phenoxy) is 1. The quantitative estimate of drug-likeness (QED) is 0.621. The number of esters is 1. The first kappa shape index (κ1) is 12.4. The third-order valence-electron chi connectivity index (χ3n) is 1.92. The van der Waals surface area contributed by atoms with Crippen LogP contribution in [0.15, 0.2) is 12.4 Å². The van der Waals surface area contributed by atoms with Crippen LogP contribution < -0.4 is 3.71 Å². The van der Waals surface area contributed by atoms with Crippen LogP contribution in [-0.4, -0.2) is 40.9 Å². The molecule has 0 aliphatic rings. The normalized spacial score (nSPS) is 11.2. The average molecular weight is 315 g/mol. The molecule has 0 radical (unpaired) electrons. The van der Waals surface area contributed by atoms with E-state index in [1.54, 1.807) is 13.0 Å². The number of hydrogen-bond acceptors (Lipinski definition) is 4. The van der Waals surface area contributed by atoms with Gasteiger partial charge >= 0.3 is 94.0 Å². The number of carbonyl (C=O) groups is 1. The topological polar surface area (TPSA) is 52.1 Å². The Labute approximate surface area is 94.0 Å². The minimum absolute atomic E-state index is 0.364. The molecule has 0 spiro atoms. The van der Waals surface area contributed by atoms with Gasteiger partial charge in [-0.05, 0) is 0 Å². The van der Waals surface area contributed by atoms with E-state index in [1.165, 1.54) is 6.33 Å². The molecule has 1 aromatic rings. The van der Waals surface area contributed by atoms with Gasteiger partial charge in [-0.1, -0.05) is 0 Å². The van der Waals surface area contributed by atoms with Crippen molar-refractivity contribution in [3.8, 4) is 0 Å². The van der Waals surface area contributed by atoms with Gasteiger partial charge in [-0.25, -0.2) is 0 Å². The molecule has 4 nitrogen and oxygen atoms in total. The van der Waals surface area contributed by atoms with E-state index in [0.717, 1.165) is 3.71 Å². The van der Waals surface area contributed by atoms with E-state index in [0.29, 0.717) is 12.3 Å². The van der Waals surface area contributed by atoms with Crippen LogP contribution in [0.25, 0.3) is 0 Å². The third kappa shape index (κ3) is 3.44. The first-order valence-corrected chi connectivity index (χ1v) is 14.9. The Morgan fingerprint density at radius 2 is 2.07 bits per heavy atom. The molecule has 0 unspecified atom stereocenters. The van der Waals surface area contributed by atoms with E-state index < -0.39 is 18.4 Å². The fourth-order valence-corrected chi connectivity index (χ4v) is 3.98. The monoisotopic (exact) mass is 316 g/mol. The van der Waals surface area contributed by atoms with Gasteiger partial charge in [0.2, 0.25) is 0 Å². The molecule has 0 aromatic carbocycles. The summed E-state index contributed by atoms with van der Waals surface area (Å²) in [6.07, 6.45) is 1.45. The van der Waals surface area contributed by atoms with Crippen molar-refractivity contribution in [2.24, 2.45) is 0 Å². The molecule has 0 N–H and O–H groups in total. The van der Waals surface area contributed by atoms with Crippen molar-refractivity contribution in [2.75, 3.05) is 6.61 Å². The summed E-state index contributed by atoms with van der Waals surface area (Å²) < 4.78 is 5.93. The second-order valence-corrected chi connectivity index (χ2v) is 18.6. The Morgan fingerprint density at radius 3 is 2.60 bits per heavy atom. The summed E-state index contributed by atoms with van der Waals surface area (Å²) in [7, 11) is 0. The molecular formula is C10H16N2O2Sn. The summed E-state index contributed by atoms with van der Waals surface area (Å²) >= 11 is -2.21. The van der Waals surface area contributed by atoms with Crippen LogP contribution in [0.3, 0.4) is 0 Å². The number of nitrogens with zero attached hydrogens (tertiary/aromatic N) is 2. The fourth-order valence-electron chi connectivity index (χ4n) is 1.08. The zero-order valence-corrected chi connectivity index (χ0v) is 12.4. The van der Waals surface area contributed by atoms with E-state index in [4.69, 9.17) is 4.74 Å². The molecule has 82 valence electrons. The Bertz CT molecular complexity index is 361. The summed E-state index contributed by atoms with van der Waals surface area (Å²) in [5.74, 6) is -0.364. The predicted octanol–water partition coefficient (Wildman–Crippen LogP) is 1.20.